The van der Waals surface area contributed by atoms with Gasteiger partial charge in [0.2, 0.25) is 0 Å². The van der Waals surface area contributed by atoms with Crippen LogP contribution in [0.3, 0.4) is 0 Å². The summed E-state index contributed by atoms with van der Waals surface area (Å²) in [6.45, 7) is 11.1. The topological polar surface area (TPSA) is 48.4 Å². The lowest BCUT2D eigenvalue weighted by Gasteiger charge is -2.36. The van der Waals surface area contributed by atoms with E-state index in [0.29, 0.717) is 22.9 Å². The first-order valence-corrected chi connectivity index (χ1v) is 9.74. The van der Waals surface area contributed by atoms with Gasteiger partial charge in [-0.25, -0.2) is 4.79 Å². The van der Waals surface area contributed by atoms with Gasteiger partial charge in [-0.15, -0.1) is 0 Å². The van der Waals surface area contributed by atoms with Crippen molar-refractivity contribution in [2.75, 3.05) is 7.11 Å². The summed E-state index contributed by atoms with van der Waals surface area (Å²) < 4.78 is 10.8. The molecule has 0 amide bonds. The van der Waals surface area contributed by atoms with Gasteiger partial charge in [0.15, 0.2) is 8.32 Å². The maximum Gasteiger partial charge on any atom is 0.339 e. The highest BCUT2D eigenvalue weighted by Gasteiger charge is 2.37. The van der Waals surface area contributed by atoms with Gasteiger partial charge in [0, 0.05) is 6.20 Å². The minimum absolute atomic E-state index is 0.111. The van der Waals surface area contributed by atoms with E-state index in [9.17, 15) is 4.79 Å². The van der Waals surface area contributed by atoms with E-state index in [2.05, 4.69) is 43.6 Å². The number of rotatable bonds is 4. The molecule has 1 rings (SSSR count). The molecule has 0 saturated carbocycles. The Bertz CT molecular complexity index is 498. The molecule has 0 fully saturated rings. The van der Waals surface area contributed by atoms with Gasteiger partial charge in [0.05, 0.1) is 30.0 Å². The number of methoxy groups -OCH3 is 1. The number of hydrogen-bond donors (Lipinski definition) is 0. The molecule has 0 saturated heterocycles. The highest BCUT2D eigenvalue weighted by molar-refractivity contribution is 6.74. The molecule has 0 aliphatic carbocycles. The Labute approximate surface area is 126 Å². The SMILES string of the molecule is COC(=O)c1ccnc(CO[Si](C)(C)C(C)(C)C)c1Cl. The number of carbonyl (C=O) groups excluding carboxylic acids is 1. The number of aromatic nitrogens is 1. The van der Waals surface area contributed by atoms with Gasteiger partial charge in [-0.05, 0) is 24.2 Å². The first kappa shape index (κ1) is 17.1. The van der Waals surface area contributed by atoms with Crippen LogP contribution in [-0.4, -0.2) is 26.4 Å². The normalized spacial score (nSPS) is 12.3. The van der Waals surface area contributed by atoms with Gasteiger partial charge in [-0.1, -0.05) is 32.4 Å². The molecule has 20 heavy (non-hydrogen) atoms. The van der Waals surface area contributed by atoms with E-state index in [4.69, 9.17) is 16.0 Å². The molecule has 0 atom stereocenters. The average Bonchev–Trinajstić information content (AvgIpc) is 2.35. The molecule has 0 radical (unpaired) electrons. The van der Waals surface area contributed by atoms with Crippen molar-refractivity contribution in [3.05, 3.63) is 28.5 Å². The Morgan fingerprint density at radius 2 is 2.00 bits per heavy atom. The van der Waals surface area contributed by atoms with Crippen LogP contribution in [-0.2, 0) is 15.8 Å². The Kier molecular flexibility index (Phi) is 5.35. The first-order valence-electron chi connectivity index (χ1n) is 6.46. The molecular weight excluding hydrogens is 294 g/mol. The number of ether oxygens (including phenoxy) is 1. The maximum atomic E-state index is 11.6. The molecule has 0 bridgehead atoms. The third-order valence-electron chi connectivity index (χ3n) is 3.74. The van der Waals surface area contributed by atoms with Gasteiger partial charge in [-0.2, -0.15) is 0 Å². The summed E-state index contributed by atoms with van der Waals surface area (Å²) in [5.74, 6) is -0.467. The van der Waals surface area contributed by atoms with Crippen LogP contribution in [0, 0.1) is 0 Å². The van der Waals surface area contributed by atoms with Crippen molar-refractivity contribution in [2.45, 2.75) is 45.5 Å². The molecule has 0 N–H and O–H groups in total. The fourth-order valence-corrected chi connectivity index (χ4v) is 2.49. The Morgan fingerprint density at radius 3 is 2.50 bits per heavy atom. The zero-order chi connectivity index (χ0) is 15.6. The molecule has 0 aromatic carbocycles. The number of esters is 1. The minimum Gasteiger partial charge on any atom is -0.465 e. The van der Waals surface area contributed by atoms with E-state index in [1.54, 1.807) is 12.3 Å². The van der Waals surface area contributed by atoms with Crippen molar-refractivity contribution in [3.63, 3.8) is 0 Å². The summed E-state index contributed by atoms with van der Waals surface area (Å²) in [6, 6.07) is 1.55. The number of halogens is 1. The Morgan fingerprint density at radius 1 is 1.40 bits per heavy atom. The minimum atomic E-state index is -1.88. The summed E-state index contributed by atoms with van der Waals surface area (Å²) in [6.07, 6.45) is 1.54. The zero-order valence-electron chi connectivity index (χ0n) is 12.9. The second-order valence-corrected chi connectivity index (χ2v) is 11.3. The van der Waals surface area contributed by atoms with Crippen molar-refractivity contribution >= 4 is 25.9 Å². The summed E-state index contributed by atoms with van der Waals surface area (Å²) in [7, 11) is -0.554. The van der Waals surface area contributed by atoms with Crippen LogP contribution in [0.5, 0.6) is 0 Å². The molecule has 1 aromatic rings. The van der Waals surface area contributed by atoms with E-state index >= 15 is 0 Å². The lowest BCUT2D eigenvalue weighted by atomic mass is 10.2. The third kappa shape index (κ3) is 3.81. The molecule has 0 spiro atoms. The van der Waals surface area contributed by atoms with E-state index in [1.807, 2.05) is 0 Å². The zero-order valence-corrected chi connectivity index (χ0v) is 14.7. The van der Waals surface area contributed by atoms with E-state index in [0.717, 1.165) is 0 Å². The quantitative estimate of drug-likeness (QED) is 0.621. The fraction of sp³-hybridized carbons (Fsp3) is 0.571. The third-order valence-corrected chi connectivity index (χ3v) is 8.64. The van der Waals surface area contributed by atoms with Crippen LogP contribution < -0.4 is 0 Å². The summed E-state index contributed by atoms with van der Waals surface area (Å²) in [5.41, 5.74) is 0.886. The second kappa shape index (κ2) is 6.24. The smallest absolute Gasteiger partial charge is 0.339 e. The number of nitrogens with zero attached hydrogens (tertiary/aromatic N) is 1. The van der Waals surface area contributed by atoms with Gasteiger partial charge >= 0.3 is 5.97 Å². The lowest BCUT2D eigenvalue weighted by Crippen LogP contribution is -2.40. The predicted molar refractivity (Wildman–Crippen MR) is 82.6 cm³/mol. The maximum absolute atomic E-state index is 11.6. The summed E-state index contributed by atoms with van der Waals surface area (Å²) in [5, 5.41) is 0.414. The Balaban J connectivity index is 2.93. The van der Waals surface area contributed by atoms with Crippen molar-refractivity contribution < 1.29 is 14.0 Å². The van der Waals surface area contributed by atoms with Crippen LogP contribution in [0.15, 0.2) is 12.3 Å². The van der Waals surface area contributed by atoms with Crippen LogP contribution in [0.4, 0.5) is 0 Å². The van der Waals surface area contributed by atoms with Gasteiger partial charge in [0.25, 0.3) is 0 Å². The summed E-state index contributed by atoms with van der Waals surface area (Å²) in [4.78, 5) is 15.8. The summed E-state index contributed by atoms with van der Waals surface area (Å²) >= 11 is 6.20. The molecule has 0 aliphatic rings. The van der Waals surface area contributed by atoms with E-state index in [-0.39, 0.29) is 5.04 Å². The molecule has 1 aromatic heterocycles. The van der Waals surface area contributed by atoms with Crippen LogP contribution in [0.1, 0.15) is 36.8 Å². The predicted octanol–water partition coefficient (Wildman–Crippen LogP) is 4.04. The molecule has 0 aliphatic heterocycles. The van der Waals surface area contributed by atoms with Crippen molar-refractivity contribution in [1.29, 1.82) is 0 Å². The molecule has 1 heterocycles. The van der Waals surface area contributed by atoms with Gasteiger partial charge in [0.1, 0.15) is 0 Å². The molecule has 112 valence electrons. The van der Waals surface area contributed by atoms with Crippen LogP contribution in [0.2, 0.25) is 23.2 Å². The highest BCUT2D eigenvalue weighted by Crippen LogP contribution is 2.37. The van der Waals surface area contributed by atoms with Gasteiger partial charge < -0.3 is 9.16 Å². The van der Waals surface area contributed by atoms with E-state index < -0.39 is 14.3 Å². The largest absolute Gasteiger partial charge is 0.465 e. The first-order chi connectivity index (χ1) is 9.10. The number of hydrogen-bond acceptors (Lipinski definition) is 4. The monoisotopic (exact) mass is 315 g/mol. The van der Waals surface area contributed by atoms with Gasteiger partial charge in [-0.3, -0.25) is 4.98 Å². The van der Waals surface area contributed by atoms with Crippen molar-refractivity contribution in [3.8, 4) is 0 Å². The standard InChI is InChI=1S/C14H22ClNO3Si/c1-14(2,3)20(5,6)19-9-11-12(15)10(7-8-16-11)13(17)18-4/h7-8H,9H2,1-6H3. The molecule has 6 heteroatoms. The number of carbonyl (C=O) groups is 1. The lowest BCUT2D eigenvalue weighted by molar-refractivity contribution is 0.0600. The van der Waals surface area contributed by atoms with Crippen molar-refractivity contribution in [1.82, 2.24) is 4.98 Å². The van der Waals surface area contributed by atoms with E-state index in [1.165, 1.54) is 7.11 Å². The Hall–Kier alpha value is -0.913. The molecule has 0 unspecified atom stereocenters. The number of pyridine rings is 1. The molecular formula is C14H22ClNO3Si. The fourth-order valence-electron chi connectivity index (χ4n) is 1.32. The average molecular weight is 316 g/mol. The van der Waals surface area contributed by atoms with Crippen LogP contribution in [0.25, 0.3) is 0 Å². The highest BCUT2D eigenvalue weighted by atomic mass is 35.5. The van der Waals surface area contributed by atoms with Crippen molar-refractivity contribution in [2.24, 2.45) is 0 Å². The van der Waals surface area contributed by atoms with Crippen LogP contribution >= 0.6 is 11.6 Å². The molecule has 4 nitrogen and oxygen atoms in total. The second-order valence-electron chi connectivity index (χ2n) is 6.16.